The van der Waals surface area contributed by atoms with Gasteiger partial charge in [0.05, 0.1) is 10.2 Å². The summed E-state index contributed by atoms with van der Waals surface area (Å²) < 4.78 is 6.32. The third kappa shape index (κ3) is 2.11. The number of aromatic nitrogens is 2. The molecule has 0 atom stereocenters. The number of fused-ring (bicyclic) bond motifs is 1. The number of ether oxygens (including phenoxy) is 1. The number of nitrogens with zero attached hydrogens (tertiary/aromatic N) is 2. The lowest BCUT2D eigenvalue weighted by molar-refractivity contribution is 0.357. The van der Waals surface area contributed by atoms with Crippen molar-refractivity contribution in [2.24, 2.45) is 0 Å². The van der Waals surface area contributed by atoms with Gasteiger partial charge in [-0.25, -0.2) is 9.97 Å². The Bertz CT molecular complexity index is 589. The van der Waals surface area contributed by atoms with Crippen LogP contribution in [0.3, 0.4) is 0 Å². The van der Waals surface area contributed by atoms with Crippen molar-refractivity contribution in [3.63, 3.8) is 0 Å². The fraction of sp³-hybridized carbons (Fsp3) is 0.167. The first-order chi connectivity index (χ1) is 8.24. The molecule has 2 heterocycles. The number of benzene rings is 1. The quantitative estimate of drug-likeness (QED) is 0.579. The van der Waals surface area contributed by atoms with E-state index in [2.05, 4.69) is 38.6 Å². The van der Waals surface area contributed by atoms with E-state index in [1.54, 1.807) is 6.20 Å². The highest BCUT2D eigenvalue weighted by atomic mass is 127. The van der Waals surface area contributed by atoms with Gasteiger partial charge in [-0.1, -0.05) is 11.6 Å². The maximum Gasteiger partial charge on any atom is 0.160 e. The second-order valence-electron chi connectivity index (χ2n) is 3.75. The van der Waals surface area contributed by atoms with Crippen LogP contribution in [0.15, 0.2) is 24.4 Å². The monoisotopic (exact) mass is 358 g/mol. The van der Waals surface area contributed by atoms with Crippen LogP contribution in [-0.2, 0) is 6.42 Å². The molecule has 0 aliphatic carbocycles. The van der Waals surface area contributed by atoms with E-state index in [4.69, 9.17) is 16.3 Å². The maximum absolute atomic E-state index is 6.00. The van der Waals surface area contributed by atoms with Gasteiger partial charge in [-0.2, -0.15) is 0 Å². The Kier molecular flexibility index (Phi) is 2.92. The first-order valence-electron chi connectivity index (χ1n) is 5.18. The van der Waals surface area contributed by atoms with E-state index in [1.807, 2.05) is 12.1 Å². The highest BCUT2D eigenvalue weighted by Gasteiger charge is 2.14. The molecule has 0 fully saturated rings. The molecule has 1 aliphatic heterocycles. The molecule has 17 heavy (non-hydrogen) atoms. The third-order valence-electron chi connectivity index (χ3n) is 2.65. The van der Waals surface area contributed by atoms with Crippen molar-refractivity contribution < 1.29 is 4.74 Å². The summed E-state index contributed by atoms with van der Waals surface area (Å²) in [6.07, 6.45) is 2.68. The van der Waals surface area contributed by atoms with Crippen LogP contribution in [0.1, 0.15) is 5.56 Å². The van der Waals surface area contributed by atoms with Gasteiger partial charge in [0.1, 0.15) is 10.9 Å². The third-order valence-corrected chi connectivity index (χ3v) is 4.05. The second kappa shape index (κ2) is 4.42. The molecule has 0 N–H and O–H groups in total. The van der Waals surface area contributed by atoms with Gasteiger partial charge < -0.3 is 4.74 Å². The first kappa shape index (κ1) is 11.2. The zero-order valence-electron chi connectivity index (χ0n) is 8.78. The lowest BCUT2D eigenvalue weighted by Gasteiger charge is -2.04. The van der Waals surface area contributed by atoms with Crippen molar-refractivity contribution in [2.45, 2.75) is 6.42 Å². The normalized spacial score (nSPS) is 13.3. The van der Waals surface area contributed by atoms with Crippen molar-refractivity contribution >= 4 is 34.2 Å². The summed E-state index contributed by atoms with van der Waals surface area (Å²) >= 11 is 8.11. The molecule has 3 rings (SSSR count). The largest absolute Gasteiger partial charge is 0.493 e. The van der Waals surface area contributed by atoms with E-state index in [0.717, 1.165) is 27.9 Å². The van der Waals surface area contributed by atoms with Crippen molar-refractivity contribution in [3.8, 4) is 17.1 Å². The molecular formula is C12H8ClIN2O. The molecule has 0 radical (unpaired) electrons. The SMILES string of the molecule is Clc1nc(-c2ccc3c(c2)CCO3)ncc1I. The van der Waals surface area contributed by atoms with Crippen LogP contribution in [0.25, 0.3) is 11.4 Å². The van der Waals surface area contributed by atoms with Crippen LogP contribution in [0.5, 0.6) is 5.75 Å². The van der Waals surface area contributed by atoms with Crippen LogP contribution in [0.4, 0.5) is 0 Å². The van der Waals surface area contributed by atoms with Crippen LogP contribution in [-0.4, -0.2) is 16.6 Å². The standard InChI is InChI=1S/C12H8ClIN2O/c13-11-9(14)6-15-12(16-11)8-1-2-10-7(5-8)3-4-17-10/h1-2,5-6H,3-4H2. The minimum Gasteiger partial charge on any atom is -0.493 e. The predicted octanol–water partition coefficient (Wildman–Crippen LogP) is 3.34. The fourth-order valence-corrected chi connectivity index (χ4v) is 2.20. The molecular weight excluding hydrogens is 351 g/mol. The predicted molar refractivity (Wildman–Crippen MR) is 74.4 cm³/mol. The van der Waals surface area contributed by atoms with Crippen LogP contribution in [0, 0.1) is 3.57 Å². The zero-order valence-corrected chi connectivity index (χ0v) is 11.7. The molecule has 0 amide bonds. The molecule has 0 unspecified atom stereocenters. The molecule has 86 valence electrons. The van der Waals surface area contributed by atoms with Crippen LogP contribution < -0.4 is 4.74 Å². The number of halogens is 2. The number of hydrogen-bond acceptors (Lipinski definition) is 3. The van der Waals surface area contributed by atoms with E-state index >= 15 is 0 Å². The van der Waals surface area contributed by atoms with Crippen molar-refractivity contribution in [1.82, 2.24) is 9.97 Å². The summed E-state index contributed by atoms with van der Waals surface area (Å²) in [4.78, 5) is 8.57. The molecule has 5 heteroatoms. The summed E-state index contributed by atoms with van der Waals surface area (Å²) in [6.45, 7) is 0.757. The smallest absolute Gasteiger partial charge is 0.160 e. The summed E-state index contributed by atoms with van der Waals surface area (Å²) in [5, 5.41) is 0.493. The average molecular weight is 359 g/mol. The van der Waals surface area contributed by atoms with Crippen molar-refractivity contribution in [2.75, 3.05) is 6.61 Å². The number of hydrogen-bond donors (Lipinski definition) is 0. The Morgan fingerprint density at radius 3 is 3.06 bits per heavy atom. The summed E-state index contributed by atoms with van der Waals surface area (Å²) in [7, 11) is 0. The Hall–Kier alpha value is -0.880. The highest BCUT2D eigenvalue weighted by Crippen LogP contribution is 2.29. The van der Waals surface area contributed by atoms with Gasteiger partial charge in [0, 0.05) is 18.2 Å². The van der Waals surface area contributed by atoms with Gasteiger partial charge in [0.15, 0.2) is 5.82 Å². The molecule has 1 aromatic carbocycles. The molecule has 1 aromatic heterocycles. The molecule has 3 nitrogen and oxygen atoms in total. The van der Waals surface area contributed by atoms with E-state index in [9.17, 15) is 0 Å². The zero-order chi connectivity index (χ0) is 11.8. The van der Waals surface area contributed by atoms with Crippen molar-refractivity contribution in [1.29, 1.82) is 0 Å². The Labute approximate surface area is 117 Å². The van der Waals surface area contributed by atoms with Gasteiger partial charge in [0.25, 0.3) is 0 Å². The van der Waals surface area contributed by atoms with Gasteiger partial charge in [-0.05, 0) is 46.4 Å². The minimum absolute atomic E-state index is 0.493. The van der Waals surface area contributed by atoms with Gasteiger partial charge >= 0.3 is 0 Å². The van der Waals surface area contributed by atoms with Crippen LogP contribution >= 0.6 is 34.2 Å². The lowest BCUT2D eigenvalue weighted by atomic mass is 10.1. The Morgan fingerprint density at radius 2 is 2.24 bits per heavy atom. The van der Waals surface area contributed by atoms with Gasteiger partial charge in [0.2, 0.25) is 0 Å². The summed E-state index contributed by atoms with van der Waals surface area (Å²) in [5.41, 5.74) is 2.19. The Balaban J connectivity index is 2.06. The molecule has 0 saturated heterocycles. The maximum atomic E-state index is 6.00. The highest BCUT2D eigenvalue weighted by molar-refractivity contribution is 14.1. The van der Waals surface area contributed by atoms with Crippen molar-refractivity contribution in [3.05, 3.63) is 38.7 Å². The second-order valence-corrected chi connectivity index (χ2v) is 5.27. The van der Waals surface area contributed by atoms with E-state index < -0.39 is 0 Å². The molecule has 0 saturated carbocycles. The topological polar surface area (TPSA) is 35.0 Å². The van der Waals surface area contributed by atoms with E-state index in [1.165, 1.54) is 5.56 Å². The summed E-state index contributed by atoms with van der Waals surface area (Å²) in [5.74, 6) is 1.62. The van der Waals surface area contributed by atoms with E-state index in [-0.39, 0.29) is 0 Å². The Morgan fingerprint density at radius 1 is 1.35 bits per heavy atom. The molecule has 0 bridgehead atoms. The molecule has 0 spiro atoms. The van der Waals surface area contributed by atoms with Crippen LogP contribution in [0.2, 0.25) is 5.15 Å². The molecule has 1 aliphatic rings. The minimum atomic E-state index is 0.493. The van der Waals surface area contributed by atoms with Gasteiger partial charge in [-0.15, -0.1) is 0 Å². The van der Waals surface area contributed by atoms with Gasteiger partial charge in [-0.3, -0.25) is 0 Å². The number of rotatable bonds is 1. The summed E-state index contributed by atoms with van der Waals surface area (Å²) in [6, 6.07) is 6.00. The lowest BCUT2D eigenvalue weighted by Crippen LogP contribution is -1.92. The average Bonchev–Trinajstić information content (AvgIpc) is 2.79. The first-order valence-corrected chi connectivity index (χ1v) is 6.64. The fourth-order valence-electron chi connectivity index (χ4n) is 1.81. The molecule has 2 aromatic rings. The van der Waals surface area contributed by atoms with E-state index in [0.29, 0.717) is 11.0 Å².